The lowest BCUT2D eigenvalue weighted by atomic mass is 10.1. The molecular weight excluding hydrogens is 304 g/mol. The van der Waals surface area contributed by atoms with Crippen molar-refractivity contribution in [2.24, 2.45) is 0 Å². The summed E-state index contributed by atoms with van der Waals surface area (Å²) in [4.78, 5) is 18.0. The van der Waals surface area contributed by atoms with Crippen LogP contribution in [0.5, 0.6) is 0 Å². The van der Waals surface area contributed by atoms with Crippen LogP contribution < -0.4 is 5.32 Å². The summed E-state index contributed by atoms with van der Waals surface area (Å²) < 4.78 is 0. The van der Waals surface area contributed by atoms with Crippen LogP contribution in [0.2, 0.25) is 0 Å². The van der Waals surface area contributed by atoms with Crippen molar-refractivity contribution in [2.45, 2.75) is 10.1 Å². The van der Waals surface area contributed by atoms with Gasteiger partial charge in [0.15, 0.2) is 0 Å². The SMILES string of the molecule is O=C(Nc1ccccn1)[C@H](Sc1ccccc1)c1ccccc1. The number of benzene rings is 2. The Labute approximate surface area is 139 Å². The largest absolute Gasteiger partial charge is 0.309 e. The predicted octanol–water partition coefficient (Wildman–Crippen LogP) is 4.55. The van der Waals surface area contributed by atoms with E-state index in [9.17, 15) is 4.79 Å². The molecule has 1 atom stereocenters. The number of nitrogens with one attached hydrogen (secondary N) is 1. The number of rotatable bonds is 5. The van der Waals surface area contributed by atoms with Gasteiger partial charge in [-0.2, -0.15) is 0 Å². The second kappa shape index (κ2) is 7.61. The number of aromatic nitrogens is 1. The first kappa shape index (κ1) is 15.3. The molecule has 0 aliphatic heterocycles. The fourth-order valence-corrected chi connectivity index (χ4v) is 3.21. The maximum Gasteiger partial charge on any atom is 0.243 e. The molecule has 3 aromatic rings. The number of amides is 1. The number of thioether (sulfide) groups is 1. The minimum Gasteiger partial charge on any atom is -0.309 e. The fourth-order valence-electron chi connectivity index (χ4n) is 2.16. The summed E-state index contributed by atoms with van der Waals surface area (Å²) in [5.74, 6) is 0.482. The van der Waals surface area contributed by atoms with Crippen LogP contribution >= 0.6 is 11.8 Å². The molecule has 0 fully saturated rings. The molecule has 0 aliphatic rings. The summed E-state index contributed by atoms with van der Waals surface area (Å²) >= 11 is 1.53. The van der Waals surface area contributed by atoms with Crippen LogP contribution in [0.25, 0.3) is 0 Å². The number of pyridine rings is 1. The van der Waals surface area contributed by atoms with E-state index >= 15 is 0 Å². The summed E-state index contributed by atoms with van der Waals surface area (Å²) in [5.41, 5.74) is 0.967. The van der Waals surface area contributed by atoms with E-state index in [1.165, 1.54) is 11.8 Å². The normalized spacial score (nSPS) is 11.7. The first-order valence-electron chi connectivity index (χ1n) is 7.31. The van der Waals surface area contributed by atoms with Gasteiger partial charge in [0.2, 0.25) is 5.91 Å². The lowest BCUT2D eigenvalue weighted by Gasteiger charge is -2.16. The Morgan fingerprint density at radius 3 is 2.17 bits per heavy atom. The highest BCUT2D eigenvalue weighted by molar-refractivity contribution is 8.00. The number of anilines is 1. The second-order valence-corrected chi connectivity index (χ2v) is 6.10. The van der Waals surface area contributed by atoms with Crippen molar-refractivity contribution in [3.63, 3.8) is 0 Å². The molecule has 114 valence electrons. The first-order chi connectivity index (χ1) is 11.3. The highest BCUT2D eigenvalue weighted by Crippen LogP contribution is 2.35. The van der Waals surface area contributed by atoms with Gasteiger partial charge in [0.05, 0.1) is 0 Å². The van der Waals surface area contributed by atoms with Crippen LogP contribution in [0.3, 0.4) is 0 Å². The average Bonchev–Trinajstić information content (AvgIpc) is 2.62. The second-order valence-electron chi connectivity index (χ2n) is 4.93. The van der Waals surface area contributed by atoms with Gasteiger partial charge in [-0.1, -0.05) is 54.6 Å². The molecule has 1 heterocycles. The van der Waals surface area contributed by atoms with Crippen molar-refractivity contribution < 1.29 is 4.79 Å². The number of hydrogen-bond acceptors (Lipinski definition) is 3. The molecule has 0 radical (unpaired) electrons. The molecule has 0 aliphatic carbocycles. The molecule has 3 rings (SSSR count). The van der Waals surface area contributed by atoms with Crippen LogP contribution in [-0.4, -0.2) is 10.9 Å². The highest BCUT2D eigenvalue weighted by Gasteiger charge is 2.22. The lowest BCUT2D eigenvalue weighted by molar-refractivity contribution is -0.115. The monoisotopic (exact) mass is 320 g/mol. The van der Waals surface area contributed by atoms with E-state index < -0.39 is 0 Å². The zero-order chi connectivity index (χ0) is 15.9. The minimum absolute atomic E-state index is 0.0799. The third-order valence-electron chi connectivity index (χ3n) is 3.25. The minimum atomic E-state index is -0.333. The summed E-state index contributed by atoms with van der Waals surface area (Å²) in [7, 11) is 0. The Bertz CT molecular complexity index is 748. The zero-order valence-corrected chi connectivity index (χ0v) is 13.2. The predicted molar refractivity (Wildman–Crippen MR) is 94.3 cm³/mol. The van der Waals surface area contributed by atoms with Gasteiger partial charge >= 0.3 is 0 Å². The van der Waals surface area contributed by atoms with Crippen LogP contribution in [0.4, 0.5) is 5.82 Å². The van der Waals surface area contributed by atoms with E-state index in [0.717, 1.165) is 10.5 Å². The summed E-state index contributed by atoms with van der Waals surface area (Å²) in [5, 5.41) is 2.56. The van der Waals surface area contributed by atoms with Crippen molar-refractivity contribution in [3.8, 4) is 0 Å². The topological polar surface area (TPSA) is 42.0 Å². The Morgan fingerprint density at radius 2 is 1.52 bits per heavy atom. The molecule has 0 saturated heterocycles. The molecule has 0 spiro atoms. The summed E-state index contributed by atoms with van der Waals surface area (Å²) in [6.45, 7) is 0. The van der Waals surface area contributed by atoms with E-state index in [0.29, 0.717) is 5.82 Å². The quantitative estimate of drug-likeness (QED) is 0.701. The molecular formula is C19H16N2OS. The van der Waals surface area contributed by atoms with E-state index in [4.69, 9.17) is 0 Å². The lowest BCUT2D eigenvalue weighted by Crippen LogP contribution is -2.19. The van der Waals surface area contributed by atoms with Crippen LogP contribution in [0.1, 0.15) is 10.8 Å². The summed E-state index contributed by atoms with van der Waals surface area (Å²) in [6.07, 6.45) is 1.66. The molecule has 1 amide bonds. The smallest absolute Gasteiger partial charge is 0.243 e. The number of nitrogens with zero attached hydrogens (tertiary/aromatic N) is 1. The molecule has 1 N–H and O–H groups in total. The standard InChI is InChI=1S/C19H16N2OS/c22-19(21-17-13-7-8-14-20-17)18(15-9-3-1-4-10-15)23-16-11-5-2-6-12-16/h1-14,18H,(H,20,21,22)/t18-/m1/s1. The van der Waals surface area contributed by atoms with Gasteiger partial charge in [0.25, 0.3) is 0 Å². The number of hydrogen-bond donors (Lipinski definition) is 1. The Morgan fingerprint density at radius 1 is 0.870 bits per heavy atom. The van der Waals surface area contributed by atoms with Gasteiger partial charge < -0.3 is 5.32 Å². The van der Waals surface area contributed by atoms with Gasteiger partial charge in [-0.05, 0) is 29.8 Å². The van der Waals surface area contributed by atoms with Gasteiger partial charge in [-0.15, -0.1) is 11.8 Å². The number of carbonyl (C=O) groups is 1. The van der Waals surface area contributed by atoms with Crippen molar-refractivity contribution >= 4 is 23.5 Å². The van der Waals surface area contributed by atoms with Crippen LogP contribution in [-0.2, 0) is 4.79 Å². The average molecular weight is 320 g/mol. The maximum absolute atomic E-state index is 12.7. The van der Waals surface area contributed by atoms with E-state index in [1.54, 1.807) is 12.3 Å². The molecule has 1 aromatic heterocycles. The third-order valence-corrected chi connectivity index (χ3v) is 4.52. The molecule has 0 saturated carbocycles. The Balaban J connectivity index is 1.84. The van der Waals surface area contributed by atoms with Gasteiger partial charge in [-0.25, -0.2) is 4.98 Å². The van der Waals surface area contributed by atoms with Crippen molar-refractivity contribution in [3.05, 3.63) is 90.6 Å². The molecule has 3 nitrogen and oxygen atoms in total. The van der Waals surface area contributed by atoms with E-state index in [2.05, 4.69) is 10.3 Å². The highest BCUT2D eigenvalue weighted by atomic mass is 32.2. The molecule has 2 aromatic carbocycles. The zero-order valence-electron chi connectivity index (χ0n) is 12.4. The van der Waals surface area contributed by atoms with Gasteiger partial charge in [-0.3, -0.25) is 4.79 Å². The number of carbonyl (C=O) groups excluding carboxylic acids is 1. The summed E-state index contributed by atoms with van der Waals surface area (Å²) in [6, 6.07) is 25.2. The van der Waals surface area contributed by atoms with E-state index in [-0.39, 0.29) is 11.2 Å². The van der Waals surface area contributed by atoms with Crippen LogP contribution in [0, 0.1) is 0 Å². The molecule has 23 heavy (non-hydrogen) atoms. The fraction of sp³-hybridized carbons (Fsp3) is 0.0526. The molecule has 4 heteroatoms. The van der Waals surface area contributed by atoms with Gasteiger partial charge in [0, 0.05) is 11.1 Å². The van der Waals surface area contributed by atoms with Crippen molar-refractivity contribution in [1.82, 2.24) is 4.98 Å². The molecule has 0 bridgehead atoms. The molecule has 0 unspecified atom stereocenters. The van der Waals surface area contributed by atoms with Crippen molar-refractivity contribution in [1.29, 1.82) is 0 Å². The van der Waals surface area contributed by atoms with E-state index in [1.807, 2.05) is 72.8 Å². The first-order valence-corrected chi connectivity index (χ1v) is 8.19. The van der Waals surface area contributed by atoms with Crippen LogP contribution in [0.15, 0.2) is 90.0 Å². The van der Waals surface area contributed by atoms with Crippen molar-refractivity contribution in [2.75, 3.05) is 5.32 Å². The van der Waals surface area contributed by atoms with Gasteiger partial charge in [0.1, 0.15) is 11.1 Å². The Kier molecular flexibility index (Phi) is 5.06. The third kappa shape index (κ3) is 4.20. The Hall–Kier alpha value is -2.59. The maximum atomic E-state index is 12.7.